The minimum Gasteiger partial charge on any atom is -0.484 e. The van der Waals surface area contributed by atoms with Crippen LogP contribution in [0.25, 0.3) is 0 Å². The third-order valence-electron chi connectivity index (χ3n) is 2.79. The number of hydrogen-bond acceptors (Lipinski definition) is 3. The molecule has 0 amide bonds. The van der Waals surface area contributed by atoms with Gasteiger partial charge in [-0.3, -0.25) is 0 Å². The average molecular weight is 338 g/mol. The van der Waals surface area contributed by atoms with Gasteiger partial charge in [-0.1, -0.05) is 28.1 Å². The van der Waals surface area contributed by atoms with Crippen molar-refractivity contribution in [3.8, 4) is 5.75 Å². The fourth-order valence-corrected chi connectivity index (χ4v) is 2.42. The van der Waals surface area contributed by atoms with E-state index in [4.69, 9.17) is 10.5 Å². The summed E-state index contributed by atoms with van der Waals surface area (Å²) in [5.74, 6) is 0.844. The van der Waals surface area contributed by atoms with Crippen LogP contribution in [0.15, 0.2) is 57.9 Å². The number of halogens is 1. The molecule has 0 saturated carbocycles. The second kappa shape index (κ2) is 6.98. The lowest BCUT2D eigenvalue weighted by Crippen LogP contribution is -2.18. The highest BCUT2D eigenvalue weighted by atomic mass is 79.9. The van der Waals surface area contributed by atoms with Crippen molar-refractivity contribution in [3.63, 3.8) is 0 Å². The molecule has 2 rings (SSSR count). The molecule has 0 aromatic heterocycles. The zero-order valence-electron chi connectivity index (χ0n) is 10.7. The molecule has 2 nitrogen and oxygen atoms in total. The van der Waals surface area contributed by atoms with E-state index in [9.17, 15) is 0 Å². The largest absolute Gasteiger partial charge is 0.484 e. The van der Waals surface area contributed by atoms with Gasteiger partial charge in [-0.05, 0) is 48.2 Å². The summed E-state index contributed by atoms with van der Waals surface area (Å²) in [5.41, 5.74) is 6.89. The fraction of sp³-hybridized carbons (Fsp3) is 0.200. The first-order chi connectivity index (χ1) is 9.22. The molecular formula is C15H16BrNOS. The molecule has 1 unspecified atom stereocenters. The number of ether oxygens (including phenoxy) is 1. The van der Waals surface area contributed by atoms with Crippen molar-refractivity contribution in [2.24, 2.45) is 5.73 Å². The Morgan fingerprint density at radius 3 is 2.26 bits per heavy atom. The van der Waals surface area contributed by atoms with Crippen molar-refractivity contribution < 1.29 is 4.74 Å². The van der Waals surface area contributed by atoms with E-state index in [1.807, 2.05) is 36.4 Å². The number of nitrogens with two attached hydrogens (primary N) is 1. The Morgan fingerprint density at radius 1 is 1.11 bits per heavy atom. The second-order valence-electron chi connectivity index (χ2n) is 4.07. The zero-order chi connectivity index (χ0) is 13.7. The lowest BCUT2D eigenvalue weighted by atomic mass is 10.1. The Morgan fingerprint density at radius 2 is 1.74 bits per heavy atom. The second-order valence-corrected chi connectivity index (χ2v) is 5.86. The summed E-state index contributed by atoms with van der Waals surface area (Å²) in [4.78, 5) is 1.22. The van der Waals surface area contributed by atoms with Gasteiger partial charge in [0, 0.05) is 15.9 Å². The summed E-state index contributed by atoms with van der Waals surface area (Å²) < 4.78 is 6.99. The Labute approximate surface area is 126 Å². The fourth-order valence-electron chi connectivity index (χ4n) is 1.75. The van der Waals surface area contributed by atoms with Crippen LogP contribution in [0, 0.1) is 0 Å². The van der Waals surface area contributed by atoms with E-state index in [-0.39, 0.29) is 6.10 Å². The first kappa shape index (κ1) is 14.4. The van der Waals surface area contributed by atoms with E-state index >= 15 is 0 Å². The van der Waals surface area contributed by atoms with Crippen LogP contribution in [0.5, 0.6) is 5.75 Å². The first-order valence-electron chi connectivity index (χ1n) is 5.99. The van der Waals surface area contributed by atoms with Crippen LogP contribution in [-0.2, 0) is 0 Å². The standard InChI is InChI=1S/C15H16BrNOS/c1-19-14-8-6-13(7-9-14)18-15(10-17)11-2-4-12(16)5-3-11/h2-9,15H,10,17H2,1H3. The third kappa shape index (κ3) is 4.00. The lowest BCUT2D eigenvalue weighted by Gasteiger charge is -2.18. The Kier molecular flexibility index (Phi) is 5.31. The molecule has 4 heteroatoms. The maximum absolute atomic E-state index is 5.94. The topological polar surface area (TPSA) is 35.2 Å². The molecule has 2 aromatic carbocycles. The molecule has 0 saturated heterocycles. The van der Waals surface area contributed by atoms with E-state index in [0.717, 1.165) is 15.8 Å². The van der Waals surface area contributed by atoms with Crippen LogP contribution >= 0.6 is 27.7 Å². The molecule has 0 fully saturated rings. The maximum Gasteiger partial charge on any atom is 0.136 e. The Balaban J connectivity index is 2.11. The van der Waals surface area contributed by atoms with Gasteiger partial charge in [0.25, 0.3) is 0 Å². The number of rotatable bonds is 5. The van der Waals surface area contributed by atoms with Crippen LogP contribution in [-0.4, -0.2) is 12.8 Å². The third-order valence-corrected chi connectivity index (χ3v) is 4.07. The molecule has 0 aliphatic carbocycles. The lowest BCUT2D eigenvalue weighted by molar-refractivity contribution is 0.214. The zero-order valence-corrected chi connectivity index (χ0v) is 13.1. The van der Waals surface area contributed by atoms with Crippen LogP contribution < -0.4 is 10.5 Å². The Hall–Kier alpha value is -0.970. The van der Waals surface area contributed by atoms with E-state index in [1.54, 1.807) is 11.8 Å². The minimum absolute atomic E-state index is 0.117. The first-order valence-corrected chi connectivity index (χ1v) is 8.01. The van der Waals surface area contributed by atoms with Gasteiger partial charge in [-0.2, -0.15) is 0 Å². The SMILES string of the molecule is CSc1ccc(OC(CN)c2ccc(Br)cc2)cc1. The predicted molar refractivity (Wildman–Crippen MR) is 84.8 cm³/mol. The summed E-state index contributed by atoms with van der Waals surface area (Å²) in [6.45, 7) is 0.450. The molecule has 1 atom stereocenters. The summed E-state index contributed by atoms with van der Waals surface area (Å²) >= 11 is 5.14. The van der Waals surface area contributed by atoms with Gasteiger partial charge in [0.1, 0.15) is 11.9 Å². The molecule has 0 aliphatic heterocycles. The molecule has 0 bridgehead atoms. The maximum atomic E-state index is 5.94. The van der Waals surface area contributed by atoms with Crippen molar-refractivity contribution in [2.75, 3.05) is 12.8 Å². The van der Waals surface area contributed by atoms with Gasteiger partial charge >= 0.3 is 0 Å². The summed E-state index contributed by atoms with van der Waals surface area (Å²) in [6, 6.07) is 16.1. The summed E-state index contributed by atoms with van der Waals surface area (Å²) in [5, 5.41) is 0. The highest BCUT2D eigenvalue weighted by Gasteiger charge is 2.11. The predicted octanol–water partition coefficient (Wildman–Crippen LogP) is 4.25. The van der Waals surface area contributed by atoms with Crippen LogP contribution in [0.1, 0.15) is 11.7 Å². The average Bonchev–Trinajstić information content (AvgIpc) is 2.46. The molecule has 100 valence electrons. The van der Waals surface area contributed by atoms with Crippen molar-refractivity contribution >= 4 is 27.7 Å². The molecular weight excluding hydrogens is 322 g/mol. The quantitative estimate of drug-likeness (QED) is 0.828. The molecule has 19 heavy (non-hydrogen) atoms. The summed E-state index contributed by atoms with van der Waals surface area (Å²) in [7, 11) is 0. The number of hydrogen-bond donors (Lipinski definition) is 1. The minimum atomic E-state index is -0.117. The number of thioether (sulfide) groups is 1. The highest BCUT2D eigenvalue weighted by Crippen LogP contribution is 2.25. The molecule has 2 N–H and O–H groups in total. The van der Waals surface area contributed by atoms with E-state index in [2.05, 4.69) is 34.3 Å². The molecule has 0 spiro atoms. The summed E-state index contributed by atoms with van der Waals surface area (Å²) in [6.07, 6.45) is 1.94. The van der Waals surface area contributed by atoms with Gasteiger partial charge in [0.05, 0.1) is 0 Å². The Bertz CT molecular complexity index is 513. The van der Waals surface area contributed by atoms with Crippen molar-refractivity contribution in [3.05, 3.63) is 58.6 Å². The molecule has 0 heterocycles. The molecule has 0 radical (unpaired) electrons. The monoisotopic (exact) mass is 337 g/mol. The smallest absolute Gasteiger partial charge is 0.136 e. The molecule has 0 aliphatic rings. The van der Waals surface area contributed by atoms with Gasteiger partial charge in [-0.15, -0.1) is 11.8 Å². The van der Waals surface area contributed by atoms with Gasteiger partial charge in [-0.25, -0.2) is 0 Å². The van der Waals surface area contributed by atoms with Crippen LogP contribution in [0.4, 0.5) is 0 Å². The van der Waals surface area contributed by atoms with Gasteiger partial charge < -0.3 is 10.5 Å². The van der Waals surface area contributed by atoms with E-state index in [0.29, 0.717) is 6.54 Å². The van der Waals surface area contributed by atoms with Crippen molar-refractivity contribution in [1.29, 1.82) is 0 Å². The van der Waals surface area contributed by atoms with Crippen molar-refractivity contribution in [1.82, 2.24) is 0 Å². The van der Waals surface area contributed by atoms with Gasteiger partial charge in [0.15, 0.2) is 0 Å². The normalized spacial score (nSPS) is 12.2. The number of benzene rings is 2. The molecule has 2 aromatic rings. The van der Waals surface area contributed by atoms with Crippen LogP contribution in [0.3, 0.4) is 0 Å². The highest BCUT2D eigenvalue weighted by molar-refractivity contribution is 9.10. The van der Waals surface area contributed by atoms with E-state index in [1.165, 1.54) is 4.90 Å². The van der Waals surface area contributed by atoms with Crippen LogP contribution in [0.2, 0.25) is 0 Å². The van der Waals surface area contributed by atoms with Crippen molar-refractivity contribution in [2.45, 2.75) is 11.0 Å². The van der Waals surface area contributed by atoms with Gasteiger partial charge in [0.2, 0.25) is 0 Å². The van der Waals surface area contributed by atoms with E-state index < -0.39 is 0 Å².